The maximum absolute atomic E-state index is 11.7. The second kappa shape index (κ2) is 4.40. The van der Waals surface area contributed by atoms with Crippen molar-refractivity contribution in [3.8, 4) is 0 Å². The molecule has 0 unspecified atom stereocenters. The summed E-state index contributed by atoms with van der Waals surface area (Å²) in [5.41, 5.74) is 5.05. The van der Waals surface area contributed by atoms with Gasteiger partial charge in [0, 0.05) is 7.05 Å². The molecule has 1 amide bonds. The van der Waals surface area contributed by atoms with Crippen LogP contribution in [0.4, 0.5) is 13.2 Å². The van der Waals surface area contributed by atoms with Crippen LogP contribution in [0.1, 0.15) is 6.42 Å². The van der Waals surface area contributed by atoms with Gasteiger partial charge in [0.2, 0.25) is 5.91 Å². The van der Waals surface area contributed by atoms with Gasteiger partial charge in [-0.1, -0.05) is 12.2 Å². The number of halogens is 3. The Bertz CT molecular complexity index is 216. The van der Waals surface area contributed by atoms with Crippen LogP contribution in [0.25, 0.3) is 0 Å². The van der Waals surface area contributed by atoms with Gasteiger partial charge in [0.25, 0.3) is 0 Å². The van der Waals surface area contributed by atoms with Gasteiger partial charge in [-0.05, 0) is 0 Å². The number of thiocarbonyl (C=S) groups is 1. The van der Waals surface area contributed by atoms with E-state index < -0.39 is 18.5 Å². The van der Waals surface area contributed by atoms with Crippen LogP contribution in [0.2, 0.25) is 0 Å². The summed E-state index contributed by atoms with van der Waals surface area (Å²) in [7, 11) is 1.22. The van der Waals surface area contributed by atoms with Crippen LogP contribution in [-0.4, -0.2) is 35.6 Å². The highest BCUT2D eigenvalue weighted by molar-refractivity contribution is 7.80. The molecular formula is C6H9F3N2OS. The molecule has 0 aromatic carbocycles. The van der Waals surface area contributed by atoms with Gasteiger partial charge in [-0.3, -0.25) is 4.79 Å². The van der Waals surface area contributed by atoms with Crippen molar-refractivity contribution >= 4 is 23.1 Å². The zero-order chi connectivity index (χ0) is 10.6. The lowest BCUT2D eigenvalue weighted by molar-refractivity contribution is -0.159. The van der Waals surface area contributed by atoms with E-state index >= 15 is 0 Å². The number of rotatable bonds is 3. The van der Waals surface area contributed by atoms with E-state index in [0.717, 1.165) is 4.90 Å². The van der Waals surface area contributed by atoms with Crippen LogP contribution in [0.5, 0.6) is 0 Å². The van der Waals surface area contributed by atoms with Crippen molar-refractivity contribution < 1.29 is 18.0 Å². The number of hydrogen-bond donors (Lipinski definition) is 1. The van der Waals surface area contributed by atoms with Crippen molar-refractivity contribution in [1.82, 2.24) is 4.90 Å². The predicted molar refractivity (Wildman–Crippen MR) is 45.1 cm³/mol. The zero-order valence-electron chi connectivity index (χ0n) is 6.89. The van der Waals surface area contributed by atoms with Crippen molar-refractivity contribution in [1.29, 1.82) is 0 Å². The Kier molecular flexibility index (Phi) is 4.12. The summed E-state index contributed by atoms with van der Waals surface area (Å²) in [5.74, 6) is -1.04. The molecule has 7 heteroatoms. The fourth-order valence-electron chi connectivity index (χ4n) is 0.628. The van der Waals surface area contributed by atoms with E-state index in [-0.39, 0.29) is 11.5 Å². The van der Waals surface area contributed by atoms with Crippen molar-refractivity contribution in [2.24, 2.45) is 5.73 Å². The molecule has 76 valence electrons. The van der Waals surface area contributed by atoms with Crippen LogP contribution in [0.15, 0.2) is 0 Å². The molecule has 0 aliphatic carbocycles. The van der Waals surface area contributed by atoms with Gasteiger partial charge >= 0.3 is 6.18 Å². The van der Waals surface area contributed by atoms with E-state index in [2.05, 4.69) is 12.2 Å². The standard InChI is InChI=1S/C6H9F3N2OS/c1-11(3-4(10)13)5(12)2-6(7,8)9/h2-3H2,1H3,(H2,10,13). The van der Waals surface area contributed by atoms with E-state index in [4.69, 9.17) is 5.73 Å². The lowest BCUT2D eigenvalue weighted by atomic mass is 10.3. The highest BCUT2D eigenvalue weighted by Crippen LogP contribution is 2.20. The largest absolute Gasteiger partial charge is 0.397 e. The molecule has 13 heavy (non-hydrogen) atoms. The molecular weight excluding hydrogens is 205 g/mol. The summed E-state index contributed by atoms with van der Waals surface area (Å²) in [6.45, 7) is -0.135. The van der Waals surface area contributed by atoms with E-state index in [1.165, 1.54) is 7.05 Å². The number of nitrogens with two attached hydrogens (primary N) is 1. The molecule has 0 bridgehead atoms. The normalized spacial score (nSPS) is 11.1. The van der Waals surface area contributed by atoms with Gasteiger partial charge in [-0.2, -0.15) is 13.2 Å². The number of carbonyl (C=O) groups is 1. The smallest absolute Gasteiger partial charge is 0.392 e. The maximum Gasteiger partial charge on any atom is 0.397 e. The fraction of sp³-hybridized carbons (Fsp3) is 0.667. The Morgan fingerprint density at radius 2 is 2.00 bits per heavy atom. The fourth-order valence-corrected chi connectivity index (χ4v) is 0.822. The van der Waals surface area contributed by atoms with Gasteiger partial charge in [0.1, 0.15) is 6.42 Å². The third-order valence-electron chi connectivity index (χ3n) is 1.17. The Labute approximate surface area is 78.7 Å². The minimum Gasteiger partial charge on any atom is -0.392 e. The van der Waals surface area contributed by atoms with Gasteiger partial charge in [0.15, 0.2) is 0 Å². The Morgan fingerprint density at radius 1 is 1.54 bits per heavy atom. The van der Waals surface area contributed by atoms with Crippen molar-refractivity contribution in [3.63, 3.8) is 0 Å². The average molecular weight is 214 g/mol. The van der Waals surface area contributed by atoms with Crippen LogP contribution in [0, 0.1) is 0 Å². The van der Waals surface area contributed by atoms with Gasteiger partial charge in [-0.25, -0.2) is 0 Å². The van der Waals surface area contributed by atoms with Crippen LogP contribution in [-0.2, 0) is 4.79 Å². The van der Waals surface area contributed by atoms with Crippen LogP contribution < -0.4 is 5.73 Å². The molecule has 0 aromatic heterocycles. The SMILES string of the molecule is CN(CC(N)=S)C(=O)CC(F)(F)F. The molecule has 0 atom stereocenters. The molecule has 0 radical (unpaired) electrons. The number of likely N-dealkylation sites (N-methyl/N-ethyl adjacent to an activating group) is 1. The quantitative estimate of drug-likeness (QED) is 0.703. The molecule has 0 spiro atoms. The molecule has 2 N–H and O–H groups in total. The minimum absolute atomic E-state index is 0.0157. The third kappa shape index (κ3) is 6.32. The number of alkyl halides is 3. The molecule has 0 aromatic rings. The number of carbonyl (C=O) groups excluding carboxylic acids is 1. The van der Waals surface area contributed by atoms with Crippen LogP contribution >= 0.6 is 12.2 Å². The second-order valence-corrected chi connectivity index (χ2v) is 3.03. The first-order valence-electron chi connectivity index (χ1n) is 3.31. The number of nitrogens with zero attached hydrogens (tertiary/aromatic N) is 1. The average Bonchev–Trinajstić information content (AvgIpc) is 1.81. The van der Waals surface area contributed by atoms with E-state index in [0.29, 0.717) is 0 Å². The molecule has 0 saturated carbocycles. The summed E-state index contributed by atoms with van der Waals surface area (Å²) in [4.78, 5) is 11.6. The first-order valence-corrected chi connectivity index (χ1v) is 3.72. The zero-order valence-corrected chi connectivity index (χ0v) is 7.71. The summed E-state index contributed by atoms with van der Waals surface area (Å²) in [6.07, 6.45) is -5.96. The minimum atomic E-state index is -4.48. The monoisotopic (exact) mass is 214 g/mol. The number of hydrogen-bond acceptors (Lipinski definition) is 2. The van der Waals surface area contributed by atoms with Crippen molar-refractivity contribution in [3.05, 3.63) is 0 Å². The van der Waals surface area contributed by atoms with Gasteiger partial charge < -0.3 is 10.6 Å². The highest BCUT2D eigenvalue weighted by atomic mass is 32.1. The Hall–Kier alpha value is -0.850. The molecule has 0 aliphatic heterocycles. The summed E-state index contributed by atoms with van der Waals surface area (Å²) in [5, 5.41) is 0. The summed E-state index contributed by atoms with van der Waals surface area (Å²) >= 11 is 4.43. The topological polar surface area (TPSA) is 46.3 Å². The second-order valence-electron chi connectivity index (χ2n) is 2.51. The molecule has 0 rings (SSSR count). The van der Waals surface area contributed by atoms with E-state index in [1.54, 1.807) is 0 Å². The Balaban J connectivity index is 4.05. The Morgan fingerprint density at radius 3 is 2.31 bits per heavy atom. The predicted octanol–water partition coefficient (Wildman–Crippen LogP) is 0.683. The van der Waals surface area contributed by atoms with Gasteiger partial charge in [0.05, 0.1) is 11.5 Å². The van der Waals surface area contributed by atoms with Crippen LogP contribution in [0.3, 0.4) is 0 Å². The molecule has 3 nitrogen and oxygen atoms in total. The summed E-state index contributed by atoms with van der Waals surface area (Å²) < 4.78 is 35.1. The molecule has 0 fully saturated rings. The van der Waals surface area contributed by atoms with Crippen molar-refractivity contribution in [2.75, 3.05) is 13.6 Å². The first-order chi connectivity index (χ1) is 5.72. The lowest BCUT2D eigenvalue weighted by Crippen LogP contribution is -2.36. The van der Waals surface area contributed by atoms with Crippen molar-refractivity contribution in [2.45, 2.75) is 12.6 Å². The third-order valence-corrected chi connectivity index (χ3v) is 1.30. The molecule has 0 heterocycles. The van der Waals surface area contributed by atoms with E-state index in [9.17, 15) is 18.0 Å². The lowest BCUT2D eigenvalue weighted by Gasteiger charge is -2.16. The molecule has 0 aliphatic rings. The maximum atomic E-state index is 11.7. The van der Waals surface area contributed by atoms with Gasteiger partial charge in [-0.15, -0.1) is 0 Å². The number of amides is 1. The molecule has 0 saturated heterocycles. The first kappa shape index (κ1) is 12.2. The highest BCUT2D eigenvalue weighted by Gasteiger charge is 2.32. The summed E-state index contributed by atoms with van der Waals surface area (Å²) in [6, 6.07) is 0. The van der Waals surface area contributed by atoms with E-state index in [1.807, 2.05) is 0 Å².